The van der Waals surface area contributed by atoms with Gasteiger partial charge in [-0.15, -0.1) is 11.3 Å². The van der Waals surface area contributed by atoms with E-state index in [2.05, 4.69) is 49.9 Å². The molecular formula is C15H23N3OS. The number of aliphatic hydroxyl groups is 1. The summed E-state index contributed by atoms with van der Waals surface area (Å²) in [6.45, 7) is 8.81. The zero-order valence-corrected chi connectivity index (χ0v) is 13.4. The minimum absolute atomic E-state index is 0.241. The van der Waals surface area contributed by atoms with Crippen LogP contribution in [0.1, 0.15) is 37.4 Å². The molecule has 2 rings (SSSR count). The molecule has 110 valence electrons. The lowest BCUT2D eigenvalue weighted by Crippen LogP contribution is -2.48. The SMILES string of the molecule is CCc1ccc(CC(O)(Cn2cncn2)C(C)(C)C)s1. The largest absolute Gasteiger partial charge is 0.387 e. The van der Waals surface area contributed by atoms with Crippen LogP contribution in [0.2, 0.25) is 0 Å². The van der Waals surface area contributed by atoms with Crippen LogP contribution in [0.3, 0.4) is 0 Å². The Balaban J connectivity index is 2.23. The van der Waals surface area contributed by atoms with Gasteiger partial charge in [-0.05, 0) is 24.0 Å². The maximum absolute atomic E-state index is 11.2. The first-order chi connectivity index (χ1) is 9.34. The first-order valence-electron chi connectivity index (χ1n) is 6.96. The van der Waals surface area contributed by atoms with Crippen LogP contribution < -0.4 is 0 Å². The van der Waals surface area contributed by atoms with Gasteiger partial charge in [0.1, 0.15) is 12.7 Å². The van der Waals surface area contributed by atoms with Crippen molar-refractivity contribution in [1.82, 2.24) is 14.8 Å². The second-order valence-corrected chi connectivity index (χ2v) is 7.53. The van der Waals surface area contributed by atoms with Crippen LogP contribution >= 0.6 is 11.3 Å². The third-order valence-corrected chi connectivity index (χ3v) is 5.05. The van der Waals surface area contributed by atoms with E-state index in [0.717, 1.165) is 6.42 Å². The highest BCUT2D eigenvalue weighted by molar-refractivity contribution is 7.12. The average Bonchev–Trinajstić information content (AvgIpc) is 2.98. The molecule has 0 aliphatic rings. The highest BCUT2D eigenvalue weighted by atomic mass is 32.1. The highest BCUT2D eigenvalue weighted by Crippen LogP contribution is 2.36. The Bertz CT molecular complexity index is 542. The van der Waals surface area contributed by atoms with E-state index in [1.54, 1.807) is 22.3 Å². The van der Waals surface area contributed by atoms with Crippen molar-refractivity contribution in [1.29, 1.82) is 0 Å². The second-order valence-electron chi connectivity index (χ2n) is 6.27. The Kier molecular flexibility index (Phi) is 4.30. The van der Waals surface area contributed by atoms with Gasteiger partial charge in [0, 0.05) is 16.2 Å². The Labute approximate surface area is 124 Å². The van der Waals surface area contributed by atoms with Gasteiger partial charge in [-0.2, -0.15) is 5.10 Å². The topological polar surface area (TPSA) is 50.9 Å². The summed E-state index contributed by atoms with van der Waals surface area (Å²) in [5.41, 5.74) is -1.09. The van der Waals surface area contributed by atoms with Crippen molar-refractivity contribution in [3.63, 3.8) is 0 Å². The molecule has 2 heterocycles. The summed E-state index contributed by atoms with van der Waals surface area (Å²) in [4.78, 5) is 6.54. The van der Waals surface area contributed by atoms with E-state index in [0.29, 0.717) is 13.0 Å². The van der Waals surface area contributed by atoms with Gasteiger partial charge in [0.15, 0.2) is 0 Å². The van der Waals surface area contributed by atoms with Crippen LogP contribution in [0.25, 0.3) is 0 Å². The molecule has 1 atom stereocenters. The van der Waals surface area contributed by atoms with E-state index in [4.69, 9.17) is 0 Å². The van der Waals surface area contributed by atoms with Gasteiger partial charge in [-0.25, -0.2) is 4.98 Å². The van der Waals surface area contributed by atoms with Crippen LogP contribution in [0.5, 0.6) is 0 Å². The first-order valence-corrected chi connectivity index (χ1v) is 7.78. The molecule has 4 nitrogen and oxygen atoms in total. The lowest BCUT2D eigenvalue weighted by atomic mass is 9.74. The molecule has 0 radical (unpaired) electrons. The van der Waals surface area contributed by atoms with Crippen molar-refractivity contribution >= 4 is 11.3 Å². The number of nitrogens with zero attached hydrogens (tertiary/aromatic N) is 3. The zero-order chi connectivity index (χ0) is 14.8. The minimum Gasteiger partial charge on any atom is -0.387 e. The van der Waals surface area contributed by atoms with E-state index in [9.17, 15) is 5.11 Å². The number of hydrogen-bond donors (Lipinski definition) is 1. The Hall–Kier alpha value is -1.20. The van der Waals surface area contributed by atoms with Gasteiger partial charge in [0.25, 0.3) is 0 Å². The van der Waals surface area contributed by atoms with Crippen LogP contribution in [0.4, 0.5) is 0 Å². The first kappa shape index (κ1) is 15.2. The van der Waals surface area contributed by atoms with Crippen molar-refractivity contribution in [2.24, 2.45) is 5.41 Å². The number of hydrogen-bond acceptors (Lipinski definition) is 4. The summed E-state index contributed by atoms with van der Waals surface area (Å²) in [5, 5.41) is 15.3. The molecule has 1 unspecified atom stereocenters. The summed E-state index contributed by atoms with van der Waals surface area (Å²) < 4.78 is 1.71. The summed E-state index contributed by atoms with van der Waals surface area (Å²) in [6, 6.07) is 4.28. The average molecular weight is 293 g/mol. The fraction of sp³-hybridized carbons (Fsp3) is 0.600. The maximum Gasteiger partial charge on any atom is 0.137 e. The highest BCUT2D eigenvalue weighted by Gasteiger charge is 2.41. The number of rotatable bonds is 5. The number of thiophene rings is 1. The summed E-state index contributed by atoms with van der Waals surface area (Å²) >= 11 is 1.78. The Morgan fingerprint density at radius 2 is 1.95 bits per heavy atom. The van der Waals surface area contributed by atoms with Crippen molar-refractivity contribution in [2.75, 3.05) is 0 Å². The van der Waals surface area contributed by atoms with Crippen molar-refractivity contribution in [2.45, 2.75) is 52.7 Å². The zero-order valence-electron chi connectivity index (χ0n) is 12.6. The fourth-order valence-electron chi connectivity index (χ4n) is 2.14. The molecule has 20 heavy (non-hydrogen) atoms. The van der Waals surface area contributed by atoms with Crippen LogP contribution in [0.15, 0.2) is 24.8 Å². The predicted octanol–water partition coefficient (Wildman–Crippen LogP) is 2.92. The predicted molar refractivity (Wildman–Crippen MR) is 81.8 cm³/mol. The molecule has 0 saturated carbocycles. The normalized spacial score (nSPS) is 15.2. The van der Waals surface area contributed by atoms with E-state index in [1.165, 1.54) is 16.1 Å². The third-order valence-electron chi connectivity index (χ3n) is 3.82. The van der Waals surface area contributed by atoms with Gasteiger partial charge < -0.3 is 5.11 Å². The summed E-state index contributed by atoms with van der Waals surface area (Å²) in [5.74, 6) is 0. The van der Waals surface area contributed by atoms with Crippen molar-refractivity contribution < 1.29 is 5.11 Å². The van der Waals surface area contributed by atoms with E-state index in [1.807, 2.05) is 0 Å². The van der Waals surface area contributed by atoms with Crippen LogP contribution in [-0.4, -0.2) is 25.5 Å². The maximum atomic E-state index is 11.2. The molecule has 0 amide bonds. The van der Waals surface area contributed by atoms with Crippen LogP contribution in [-0.2, 0) is 19.4 Å². The molecule has 2 aromatic rings. The van der Waals surface area contributed by atoms with Crippen molar-refractivity contribution in [3.05, 3.63) is 34.5 Å². The Morgan fingerprint density at radius 3 is 2.45 bits per heavy atom. The molecule has 0 fully saturated rings. The summed E-state index contributed by atoms with van der Waals surface area (Å²) in [7, 11) is 0. The number of aromatic nitrogens is 3. The lowest BCUT2D eigenvalue weighted by Gasteiger charge is -2.40. The second kappa shape index (κ2) is 5.66. The molecule has 0 bridgehead atoms. The van der Waals surface area contributed by atoms with E-state index < -0.39 is 5.60 Å². The molecule has 1 N–H and O–H groups in total. The quantitative estimate of drug-likeness (QED) is 0.922. The summed E-state index contributed by atoms with van der Waals surface area (Å²) in [6.07, 6.45) is 4.84. The standard InChI is InChI=1S/C15H23N3OS/c1-5-12-6-7-13(20-12)8-15(19,14(2,3)4)9-18-11-16-10-17-18/h6-7,10-11,19H,5,8-9H2,1-4H3. The molecule has 5 heteroatoms. The Morgan fingerprint density at radius 1 is 1.25 bits per heavy atom. The molecule has 0 aromatic carbocycles. The minimum atomic E-state index is -0.851. The molecule has 0 aliphatic carbocycles. The van der Waals surface area contributed by atoms with Gasteiger partial charge in [0.2, 0.25) is 0 Å². The monoisotopic (exact) mass is 293 g/mol. The smallest absolute Gasteiger partial charge is 0.137 e. The van der Waals surface area contributed by atoms with Gasteiger partial charge >= 0.3 is 0 Å². The fourth-order valence-corrected chi connectivity index (χ4v) is 3.20. The molecular weight excluding hydrogens is 270 g/mol. The molecule has 0 aliphatic heterocycles. The number of aryl methyl sites for hydroxylation is 1. The third kappa shape index (κ3) is 3.27. The van der Waals surface area contributed by atoms with E-state index >= 15 is 0 Å². The van der Waals surface area contributed by atoms with E-state index in [-0.39, 0.29) is 5.41 Å². The van der Waals surface area contributed by atoms with Crippen molar-refractivity contribution in [3.8, 4) is 0 Å². The van der Waals surface area contributed by atoms with Gasteiger partial charge in [-0.1, -0.05) is 27.7 Å². The van der Waals surface area contributed by atoms with Crippen LogP contribution in [0, 0.1) is 5.41 Å². The lowest BCUT2D eigenvalue weighted by molar-refractivity contribution is -0.0724. The molecule has 0 saturated heterocycles. The van der Waals surface area contributed by atoms with Gasteiger partial charge in [0.05, 0.1) is 12.1 Å². The molecule has 0 spiro atoms. The van der Waals surface area contributed by atoms with Gasteiger partial charge in [-0.3, -0.25) is 4.68 Å². The molecule has 2 aromatic heterocycles.